The zero-order valence-corrected chi connectivity index (χ0v) is 6.60. The second-order valence-electron chi connectivity index (χ2n) is 1.98. The fourth-order valence-corrected chi connectivity index (χ4v) is 0.282. The van der Waals surface area contributed by atoms with E-state index >= 15 is 0 Å². The zero-order chi connectivity index (χ0) is 9.40. The van der Waals surface area contributed by atoms with Gasteiger partial charge in [-0.05, 0) is 19.1 Å². The van der Waals surface area contributed by atoms with Gasteiger partial charge in [-0.1, -0.05) is 0 Å². The first-order chi connectivity index (χ1) is 5.68. The molecule has 0 radical (unpaired) electrons. The standard InChI is InChI=1S/C4H5NO2.C4H4O/c1-3(2-5)4(6)7;1-2-4-5-3-1/h3H,1H3,(H,6,7);1-4H. The Morgan fingerprint density at radius 1 is 1.58 bits per heavy atom. The summed E-state index contributed by atoms with van der Waals surface area (Å²) in [7, 11) is 0. The topological polar surface area (TPSA) is 74.2 Å². The minimum absolute atomic E-state index is 0.875. The maximum absolute atomic E-state index is 9.71. The molecule has 1 aromatic heterocycles. The van der Waals surface area contributed by atoms with Crippen molar-refractivity contribution in [2.75, 3.05) is 0 Å². The van der Waals surface area contributed by atoms with Gasteiger partial charge in [-0.3, -0.25) is 4.79 Å². The molecule has 64 valence electrons. The third-order valence-corrected chi connectivity index (χ3v) is 0.989. The fraction of sp³-hybridized carbons (Fsp3) is 0.250. The van der Waals surface area contributed by atoms with Gasteiger partial charge in [0.1, 0.15) is 5.92 Å². The third kappa shape index (κ3) is 5.06. The van der Waals surface area contributed by atoms with E-state index in [4.69, 9.17) is 10.4 Å². The second-order valence-corrected chi connectivity index (χ2v) is 1.98. The van der Waals surface area contributed by atoms with Gasteiger partial charge < -0.3 is 9.52 Å². The van der Waals surface area contributed by atoms with E-state index in [1.54, 1.807) is 18.6 Å². The Labute approximate surface area is 70.0 Å². The first-order valence-electron chi connectivity index (χ1n) is 3.28. The van der Waals surface area contributed by atoms with E-state index < -0.39 is 11.9 Å². The molecule has 0 aliphatic carbocycles. The number of nitriles is 1. The molecule has 0 aliphatic rings. The highest BCUT2D eigenvalue weighted by molar-refractivity contribution is 5.72. The smallest absolute Gasteiger partial charge is 0.320 e. The van der Waals surface area contributed by atoms with Crippen LogP contribution in [0.5, 0.6) is 0 Å². The highest BCUT2D eigenvalue weighted by Crippen LogP contribution is 1.87. The normalized spacial score (nSPS) is 10.3. The highest BCUT2D eigenvalue weighted by Gasteiger charge is 2.06. The first kappa shape index (κ1) is 10.2. The van der Waals surface area contributed by atoms with E-state index in [0.717, 1.165) is 0 Å². The van der Waals surface area contributed by atoms with Crippen LogP contribution in [0.3, 0.4) is 0 Å². The lowest BCUT2D eigenvalue weighted by atomic mass is 10.2. The average Bonchev–Trinajstić information content (AvgIpc) is 2.59. The van der Waals surface area contributed by atoms with Crippen molar-refractivity contribution in [1.29, 1.82) is 5.26 Å². The predicted molar refractivity (Wildman–Crippen MR) is 41.1 cm³/mol. The number of furan rings is 1. The molecule has 0 bridgehead atoms. The number of carboxylic acids is 1. The molecule has 0 amide bonds. The molecule has 12 heavy (non-hydrogen) atoms. The van der Waals surface area contributed by atoms with Crippen LogP contribution < -0.4 is 0 Å². The Kier molecular flexibility index (Phi) is 5.11. The molecule has 0 aromatic carbocycles. The molecule has 1 aromatic rings. The number of carboxylic acid groups (broad SMARTS) is 1. The largest absolute Gasteiger partial charge is 0.480 e. The van der Waals surface area contributed by atoms with Crippen LogP contribution >= 0.6 is 0 Å². The Bertz CT molecular complexity index is 231. The zero-order valence-electron chi connectivity index (χ0n) is 6.60. The molecular formula is C8H9NO3. The van der Waals surface area contributed by atoms with E-state index in [9.17, 15) is 4.79 Å². The summed E-state index contributed by atoms with van der Waals surface area (Å²) in [6.07, 6.45) is 3.25. The van der Waals surface area contributed by atoms with E-state index in [1.807, 2.05) is 12.1 Å². The number of hydrogen-bond acceptors (Lipinski definition) is 3. The predicted octanol–water partition coefficient (Wildman–Crippen LogP) is 1.51. The Morgan fingerprint density at radius 3 is 2.17 bits per heavy atom. The molecule has 0 saturated carbocycles. The van der Waals surface area contributed by atoms with Crippen molar-refractivity contribution in [1.82, 2.24) is 0 Å². The van der Waals surface area contributed by atoms with Gasteiger partial charge >= 0.3 is 5.97 Å². The van der Waals surface area contributed by atoms with Crippen LogP contribution in [0.2, 0.25) is 0 Å². The van der Waals surface area contributed by atoms with Crippen molar-refractivity contribution in [2.45, 2.75) is 6.92 Å². The van der Waals surface area contributed by atoms with Crippen molar-refractivity contribution >= 4 is 5.97 Å². The van der Waals surface area contributed by atoms with Crippen molar-refractivity contribution in [3.63, 3.8) is 0 Å². The van der Waals surface area contributed by atoms with Gasteiger partial charge in [0.15, 0.2) is 0 Å². The van der Waals surface area contributed by atoms with Crippen LogP contribution in [-0.2, 0) is 4.79 Å². The van der Waals surface area contributed by atoms with Crippen LogP contribution in [0.15, 0.2) is 29.1 Å². The number of carbonyl (C=O) groups is 1. The maximum Gasteiger partial charge on any atom is 0.320 e. The Hall–Kier alpha value is -1.76. The summed E-state index contributed by atoms with van der Waals surface area (Å²) in [4.78, 5) is 9.71. The first-order valence-corrected chi connectivity index (χ1v) is 3.28. The summed E-state index contributed by atoms with van der Waals surface area (Å²) in [5.41, 5.74) is 0. The number of aliphatic carboxylic acids is 1. The van der Waals surface area contributed by atoms with E-state index in [1.165, 1.54) is 6.92 Å². The molecule has 4 nitrogen and oxygen atoms in total. The molecule has 1 rings (SSSR count). The molecule has 1 atom stereocenters. The molecule has 0 saturated heterocycles. The summed E-state index contributed by atoms with van der Waals surface area (Å²) in [6.45, 7) is 1.34. The van der Waals surface area contributed by atoms with Crippen LogP contribution in [0, 0.1) is 17.2 Å². The summed E-state index contributed by atoms with van der Waals surface area (Å²) < 4.78 is 4.58. The van der Waals surface area contributed by atoms with Crippen molar-refractivity contribution in [2.24, 2.45) is 5.92 Å². The van der Waals surface area contributed by atoms with Crippen LogP contribution in [0.1, 0.15) is 6.92 Å². The van der Waals surface area contributed by atoms with Crippen LogP contribution in [0.4, 0.5) is 0 Å². The van der Waals surface area contributed by atoms with Gasteiger partial charge in [0.05, 0.1) is 18.6 Å². The highest BCUT2D eigenvalue weighted by atomic mass is 16.4. The van der Waals surface area contributed by atoms with Gasteiger partial charge in [-0.15, -0.1) is 0 Å². The molecular weight excluding hydrogens is 158 g/mol. The lowest BCUT2D eigenvalue weighted by Crippen LogP contribution is -2.05. The summed E-state index contributed by atoms with van der Waals surface area (Å²) >= 11 is 0. The van der Waals surface area contributed by atoms with Crippen molar-refractivity contribution in [3.8, 4) is 6.07 Å². The molecule has 0 aliphatic heterocycles. The summed E-state index contributed by atoms with van der Waals surface area (Å²) in [5, 5.41) is 15.8. The minimum Gasteiger partial charge on any atom is -0.480 e. The number of hydrogen-bond donors (Lipinski definition) is 1. The van der Waals surface area contributed by atoms with Crippen molar-refractivity contribution in [3.05, 3.63) is 24.7 Å². The molecule has 1 N–H and O–H groups in total. The monoisotopic (exact) mass is 167 g/mol. The molecule has 0 spiro atoms. The quantitative estimate of drug-likeness (QED) is 0.687. The van der Waals surface area contributed by atoms with E-state index in [0.29, 0.717) is 0 Å². The molecule has 0 fully saturated rings. The van der Waals surface area contributed by atoms with Crippen LogP contribution in [0.25, 0.3) is 0 Å². The number of nitrogens with zero attached hydrogens (tertiary/aromatic N) is 1. The molecule has 1 heterocycles. The lowest BCUT2D eigenvalue weighted by Gasteiger charge is -1.86. The van der Waals surface area contributed by atoms with Crippen LogP contribution in [-0.4, -0.2) is 11.1 Å². The summed E-state index contributed by atoms with van der Waals surface area (Å²) in [6, 6.07) is 5.23. The van der Waals surface area contributed by atoms with Gasteiger partial charge in [-0.25, -0.2) is 0 Å². The fourth-order valence-electron chi connectivity index (χ4n) is 0.282. The maximum atomic E-state index is 9.71. The second kappa shape index (κ2) is 5.98. The SMILES string of the molecule is CC(C#N)C(=O)O.c1ccoc1. The van der Waals surface area contributed by atoms with Gasteiger partial charge in [0.25, 0.3) is 0 Å². The summed E-state index contributed by atoms with van der Waals surface area (Å²) in [5.74, 6) is -1.94. The molecule has 4 heteroatoms. The van der Waals surface area contributed by atoms with E-state index in [-0.39, 0.29) is 0 Å². The van der Waals surface area contributed by atoms with E-state index in [2.05, 4.69) is 4.42 Å². The number of rotatable bonds is 1. The third-order valence-electron chi connectivity index (χ3n) is 0.989. The Balaban J connectivity index is 0.000000211. The lowest BCUT2D eigenvalue weighted by molar-refractivity contribution is -0.139. The molecule has 1 unspecified atom stereocenters. The van der Waals surface area contributed by atoms with Gasteiger partial charge in [0.2, 0.25) is 0 Å². The Morgan fingerprint density at radius 2 is 2.08 bits per heavy atom. The average molecular weight is 167 g/mol. The van der Waals surface area contributed by atoms with Gasteiger partial charge in [0, 0.05) is 0 Å². The van der Waals surface area contributed by atoms with Crippen molar-refractivity contribution < 1.29 is 14.3 Å². The van der Waals surface area contributed by atoms with Gasteiger partial charge in [-0.2, -0.15) is 5.26 Å². The minimum atomic E-state index is -1.07.